The molecule has 1 unspecified atom stereocenters. The van der Waals surface area contributed by atoms with Crippen LogP contribution >= 0.6 is 0 Å². The Morgan fingerprint density at radius 1 is 1.41 bits per heavy atom. The van der Waals surface area contributed by atoms with E-state index in [1.54, 1.807) is 13.8 Å². The molecule has 0 radical (unpaired) electrons. The second-order valence-corrected chi connectivity index (χ2v) is 5.03. The monoisotopic (exact) mass is 240 g/mol. The lowest BCUT2D eigenvalue weighted by molar-refractivity contribution is -0.138. The Labute approximate surface area is 101 Å². The minimum atomic E-state index is -0.920. The van der Waals surface area contributed by atoms with Crippen molar-refractivity contribution < 1.29 is 14.7 Å². The molecule has 5 heteroatoms. The number of carbonyl (C=O) groups excluding carboxylic acids is 1. The van der Waals surface area contributed by atoms with Crippen molar-refractivity contribution in [2.45, 2.75) is 51.1 Å². The number of carbonyl (C=O) groups is 2. The molecular formula is C12H20N2O3. The number of carboxylic acids is 1. The summed E-state index contributed by atoms with van der Waals surface area (Å²) in [4.78, 5) is 22.3. The van der Waals surface area contributed by atoms with Crippen LogP contribution in [-0.2, 0) is 4.79 Å². The summed E-state index contributed by atoms with van der Waals surface area (Å²) in [7, 11) is 0. The van der Waals surface area contributed by atoms with E-state index < -0.39 is 11.5 Å². The first kappa shape index (κ1) is 13.5. The van der Waals surface area contributed by atoms with Crippen molar-refractivity contribution >= 4 is 12.0 Å². The summed E-state index contributed by atoms with van der Waals surface area (Å²) in [5.74, 6) is -0.920. The number of rotatable bonds is 4. The molecule has 96 valence electrons. The van der Waals surface area contributed by atoms with E-state index >= 15 is 0 Å². The van der Waals surface area contributed by atoms with Crippen LogP contribution < -0.4 is 10.6 Å². The van der Waals surface area contributed by atoms with E-state index in [1.807, 2.05) is 0 Å². The third kappa shape index (κ3) is 5.38. The predicted octanol–water partition coefficient (Wildman–Crippen LogP) is 1.65. The first-order chi connectivity index (χ1) is 7.89. The van der Waals surface area contributed by atoms with Crippen molar-refractivity contribution in [1.82, 2.24) is 10.6 Å². The number of nitrogens with one attached hydrogen (secondary N) is 2. The normalized spacial score (nSPS) is 19.8. The third-order valence-corrected chi connectivity index (χ3v) is 2.65. The van der Waals surface area contributed by atoms with Crippen molar-refractivity contribution in [3.05, 3.63) is 12.2 Å². The first-order valence-electron chi connectivity index (χ1n) is 5.84. The summed E-state index contributed by atoms with van der Waals surface area (Å²) < 4.78 is 0. The molecule has 0 fully saturated rings. The van der Waals surface area contributed by atoms with Gasteiger partial charge in [0, 0.05) is 11.6 Å². The van der Waals surface area contributed by atoms with Crippen LogP contribution in [0.15, 0.2) is 12.2 Å². The van der Waals surface area contributed by atoms with Gasteiger partial charge >= 0.3 is 12.0 Å². The highest BCUT2D eigenvalue weighted by atomic mass is 16.4. The van der Waals surface area contributed by atoms with Crippen LogP contribution in [0.25, 0.3) is 0 Å². The summed E-state index contributed by atoms with van der Waals surface area (Å²) in [6.45, 7) is 3.39. The maximum Gasteiger partial charge on any atom is 0.315 e. The second-order valence-electron chi connectivity index (χ2n) is 5.03. The number of urea groups is 1. The number of aliphatic carboxylic acids is 1. The summed E-state index contributed by atoms with van der Waals surface area (Å²) in [6.07, 6.45) is 6.81. The standard InChI is InChI=1S/C12H20N2O3/c1-12(2,8-10(15)16)14-11(17)13-9-6-4-3-5-7-9/h3-4,9H,5-8H2,1-2H3,(H,15,16)(H2,13,14,17). The van der Waals surface area contributed by atoms with E-state index in [0.29, 0.717) is 0 Å². The summed E-state index contributed by atoms with van der Waals surface area (Å²) in [5, 5.41) is 14.2. The fourth-order valence-electron chi connectivity index (χ4n) is 1.88. The maximum atomic E-state index is 11.7. The number of amides is 2. The van der Waals surface area contributed by atoms with Crippen LogP contribution in [0.3, 0.4) is 0 Å². The summed E-state index contributed by atoms with van der Waals surface area (Å²) in [6, 6.07) is -0.142. The molecule has 0 saturated carbocycles. The van der Waals surface area contributed by atoms with Gasteiger partial charge < -0.3 is 15.7 Å². The van der Waals surface area contributed by atoms with Gasteiger partial charge in [-0.05, 0) is 33.1 Å². The summed E-state index contributed by atoms with van der Waals surface area (Å²) in [5.41, 5.74) is -0.736. The highest BCUT2D eigenvalue weighted by Gasteiger charge is 2.24. The van der Waals surface area contributed by atoms with E-state index in [1.165, 1.54) is 0 Å². The van der Waals surface area contributed by atoms with E-state index in [4.69, 9.17) is 5.11 Å². The molecule has 5 nitrogen and oxygen atoms in total. The number of carboxylic acid groups (broad SMARTS) is 1. The van der Waals surface area contributed by atoms with Crippen LogP contribution in [0.2, 0.25) is 0 Å². The fraction of sp³-hybridized carbons (Fsp3) is 0.667. The molecule has 1 aliphatic carbocycles. The van der Waals surface area contributed by atoms with Gasteiger partial charge in [-0.25, -0.2) is 4.79 Å². The molecule has 0 heterocycles. The lowest BCUT2D eigenvalue weighted by atomic mass is 10.0. The Balaban J connectivity index is 2.37. The van der Waals surface area contributed by atoms with Crippen molar-refractivity contribution in [2.24, 2.45) is 0 Å². The van der Waals surface area contributed by atoms with Crippen molar-refractivity contribution in [2.75, 3.05) is 0 Å². The van der Waals surface area contributed by atoms with E-state index in [2.05, 4.69) is 22.8 Å². The highest BCUT2D eigenvalue weighted by Crippen LogP contribution is 2.11. The zero-order valence-corrected chi connectivity index (χ0v) is 10.3. The van der Waals surface area contributed by atoms with E-state index in [9.17, 15) is 9.59 Å². The molecule has 17 heavy (non-hydrogen) atoms. The van der Waals surface area contributed by atoms with Gasteiger partial charge in [-0.1, -0.05) is 12.2 Å². The lowest BCUT2D eigenvalue weighted by Gasteiger charge is -2.27. The molecule has 1 rings (SSSR count). The zero-order valence-electron chi connectivity index (χ0n) is 10.3. The number of allylic oxidation sites excluding steroid dienone is 1. The molecule has 0 bridgehead atoms. The molecule has 3 N–H and O–H groups in total. The topological polar surface area (TPSA) is 78.4 Å². The average molecular weight is 240 g/mol. The minimum Gasteiger partial charge on any atom is -0.481 e. The minimum absolute atomic E-state index is 0.0923. The lowest BCUT2D eigenvalue weighted by Crippen LogP contribution is -2.51. The first-order valence-corrected chi connectivity index (χ1v) is 5.84. The van der Waals surface area contributed by atoms with Gasteiger partial charge in [0.15, 0.2) is 0 Å². The summed E-state index contributed by atoms with van der Waals surface area (Å²) >= 11 is 0. The molecule has 1 aliphatic rings. The molecular weight excluding hydrogens is 220 g/mol. The Morgan fingerprint density at radius 2 is 2.12 bits per heavy atom. The smallest absolute Gasteiger partial charge is 0.315 e. The Morgan fingerprint density at radius 3 is 2.65 bits per heavy atom. The highest BCUT2D eigenvalue weighted by molar-refractivity contribution is 5.76. The molecule has 0 aromatic heterocycles. The van der Waals surface area contributed by atoms with E-state index in [-0.39, 0.29) is 18.5 Å². The maximum absolute atomic E-state index is 11.7. The van der Waals surface area contributed by atoms with Gasteiger partial charge in [0.2, 0.25) is 0 Å². The van der Waals surface area contributed by atoms with Crippen LogP contribution in [0.4, 0.5) is 4.79 Å². The van der Waals surface area contributed by atoms with Gasteiger partial charge in [0.05, 0.1) is 6.42 Å². The zero-order chi connectivity index (χ0) is 12.9. The molecule has 0 saturated heterocycles. The second kappa shape index (κ2) is 5.70. The largest absolute Gasteiger partial charge is 0.481 e. The van der Waals surface area contributed by atoms with Gasteiger partial charge in [0.25, 0.3) is 0 Å². The molecule has 0 spiro atoms. The molecule has 1 atom stereocenters. The van der Waals surface area contributed by atoms with E-state index in [0.717, 1.165) is 19.3 Å². The molecule has 0 aromatic carbocycles. The Hall–Kier alpha value is -1.52. The SMILES string of the molecule is CC(C)(CC(=O)O)NC(=O)NC1CC=CCC1. The third-order valence-electron chi connectivity index (χ3n) is 2.65. The van der Waals surface area contributed by atoms with Gasteiger partial charge in [-0.3, -0.25) is 4.79 Å². The molecule has 0 aliphatic heterocycles. The van der Waals surface area contributed by atoms with Gasteiger partial charge in [-0.2, -0.15) is 0 Å². The van der Waals surface area contributed by atoms with Crippen LogP contribution in [0.5, 0.6) is 0 Å². The number of hydrogen-bond acceptors (Lipinski definition) is 2. The van der Waals surface area contributed by atoms with Crippen molar-refractivity contribution in [3.63, 3.8) is 0 Å². The molecule has 0 aromatic rings. The predicted molar refractivity (Wildman–Crippen MR) is 64.8 cm³/mol. The van der Waals surface area contributed by atoms with Gasteiger partial charge in [-0.15, -0.1) is 0 Å². The fourth-order valence-corrected chi connectivity index (χ4v) is 1.88. The van der Waals surface area contributed by atoms with Crippen LogP contribution in [0.1, 0.15) is 39.5 Å². The van der Waals surface area contributed by atoms with Crippen molar-refractivity contribution in [1.29, 1.82) is 0 Å². The van der Waals surface area contributed by atoms with Gasteiger partial charge in [0.1, 0.15) is 0 Å². The van der Waals surface area contributed by atoms with Crippen molar-refractivity contribution in [3.8, 4) is 0 Å². The Bertz CT molecular complexity index is 324. The molecule has 2 amide bonds. The average Bonchev–Trinajstić information content (AvgIpc) is 2.15. The van der Waals surface area contributed by atoms with Crippen LogP contribution in [0, 0.1) is 0 Å². The number of hydrogen-bond donors (Lipinski definition) is 3. The Kier molecular flexibility index (Phi) is 4.54. The quantitative estimate of drug-likeness (QED) is 0.654. The van der Waals surface area contributed by atoms with Crippen LogP contribution in [-0.4, -0.2) is 28.7 Å².